The zero-order valence-corrected chi connectivity index (χ0v) is 17.1. The van der Waals surface area contributed by atoms with Crippen LogP contribution in [0.15, 0.2) is 18.2 Å². The number of anilines is 1. The number of carbonyl (C=O) groups is 1. The number of alkyl carbamates (subject to hydrolysis) is 1. The highest BCUT2D eigenvalue weighted by atomic mass is 16.6. The van der Waals surface area contributed by atoms with Crippen molar-refractivity contribution in [2.24, 2.45) is 0 Å². The minimum absolute atomic E-state index is 0.331. The Morgan fingerprint density at radius 3 is 2.85 bits per heavy atom. The molecule has 1 aromatic carbocycles. The summed E-state index contributed by atoms with van der Waals surface area (Å²) in [4.78, 5) is 12.0. The van der Waals surface area contributed by atoms with Gasteiger partial charge in [-0.15, -0.1) is 0 Å². The predicted octanol–water partition coefficient (Wildman–Crippen LogP) is 4.61. The molecule has 27 heavy (non-hydrogen) atoms. The van der Waals surface area contributed by atoms with E-state index < -0.39 is 5.60 Å². The quantitative estimate of drug-likeness (QED) is 0.808. The van der Waals surface area contributed by atoms with Gasteiger partial charge in [0.25, 0.3) is 0 Å². The maximum Gasteiger partial charge on any atom is 0.407 e. The van der Waals surface area contributed by atoms with Crippen molar-refractivity contribution in [1.29, 1.82) is 0 Å². The Bertz CT molecular complexity index is 653. The van der Waals surface area contributed by atoms with Crippen molar-refractivity contribution in [1.82, 2.24) is 5.32 Å². The van der Waals surface area contributed by atoms with Crippen molar-refractivity contribution in [3.8, 4) is 0 Å². The molecule has 150 valence electrons. The first kappa shape index (κ1) is 20.0. The van der Waals surface area contributed by atoms with Gasteiger partial charge in [0.1, 0.15) is 5.60 Å². The third-order valence-electron chi connectivity index (χ3n) is 5.33. The van der Waals surface area contributed by atoms with Crippen LogP contribution in [0, 0.1) is 0 Å². The van der Waals surface area contributed by atoms with Crippen molar-refractivity contribution in [3.05, 3.63) is 29.3 Å². The Morgan fingerprint density at radius 2 is 2.11 bits per heavy atom. The number of rotatable bonds is 4. The van der Waals surface area contributed by atoms with Gasteiger partial charge in [-0.1, -0.05) is 6.07 Å². The topological polar surface area (TPSA) is 59.6 Å². The second-order valence-corrected chi connectivity index (χ2v) is 8.93. The van der Waals surface area contributed by atoms with Gasteiger partial charge < -0.3 is 20.1 Å². The van der Waals surface area contributed by atoms with Crippen LogP contribution in [0.25, 0.3) is 0 Å². The Labute approximate surface area is 163 Å². The van der Waals surface area contributed by atoms with E-state index in [-0.39, 0.29) is 6.09 Å². The minimum atomic E-state index is -0.462. The zero-order chi connectivity index (χ0) is 19.4. The normalized spacial score (nSPS) is 25.4. The van der Waals surface area contributed by atoms with E-state index in [9.17, 15) is 4.79 Å². The van der Waals surface area contributed by atoms with Gasteiger partial charge in [0.05, 0.1) is 6.10 Å². The van der Waals surface area contributed by atoms with Crippen LogP contribution in [0.1, 0.15) is 70.4 Å². The number of aryl methyl sites for hydroxylation is 1. The molecule has 2 N–H and O–H groups in total. The highest BCUT2D eigenvalue weighted by Crippen LogP contribution is 2.33. The SMILES string of the molecule is C[C@@H]1C[C@H](Nc2ccc3c(c2)CCC[C@H]3CNC(=O)OC(C)(C)C)CCO1. The molecule has 1 aliphatic heterocycles. The van der Waals surface area contributed by atoms with E-state index in [1.54, 1.807) is 0 Å². The summed E-state index contributed by atoms with van der Waals surface area (Å²) in [5.41, 5.74) is 3.51. The Kier molecular flexibility index (Phi) is 6.30. The zero-order valence-electron chi connectivity index (χ0n) is 17.1. The minimum Gasteiger partial charge on any atom is -0.444 e. The lowest BCUT2D eigenvalue weighted by atomic mass is 9.82. The van der Waals surface area contributed by atoms with E-state index in [1.807, 2.05) is 20.8 Å². The van der Waals surface area contributed by atoms with Crippen LogP contribution >= 0.6 is 0 Å². The molecule has 5 nitrogen and oxygen atoms in total. The lowest BCUT2D eigenvalue weighted by Crippen LogP contribution is -2.35. The Balaban J connectivity index is 1.60. The summed E-state index contributed by atoms with van der Waals surface area (Å²) in [6.45, 7) is 9.26. The number of amides is 1. The molecular formula is C22H34N2O3. The second kappa shape index (κ2) is 8.51. The van der Waals surface area contributed by atoms with Crippen LogP contribution in [0.4, 0.5) is 10.5 Å². The molecule has 3 rings (SSSR count). The molecule has 0 radical (unpaired) electrons. The first-order chi connectivity index (χ1) is 12.8. The summed E-state index contributed by atoms with van der Waals surface area (Å²) in [7, 11) is 0. The van der Waals surface area contributed by atoms with Crippen molar-refractivity contribution >= 4 is 11.8 Å². The fourth-order valence-electron chi connectivity index (χ4n) is 4.10. The lowest BCUT2D eigenvalue weighted by Gasteiger charge is -2.30. The standard InChI is InChI=1S/C22H34N2O3/c1-15-12-19(10-11-26-15)24-18-8-9-20-16(13-18)6-5-7-17(20)14-23-21(25)27-22(2,3)4/h8-9,13,15,17,19,24H,5-7,10-12,14H2,1-4H3,(H,23,25)/t15-,17+,19-/m1/s1. The molecule has 0 bridgehead atoms. The van der Waals surface area contributed by atoms with E-state index in [4.69, 9.17) is 9.47 Å². The average Bonchev–Trinajstić information content (AvgIpc) is 2.58. The van der Waals surface area contributed by atoms with Crippen molar-refractivity contribution in [2.45, 2.75) is 83.5 Å². The first-order valence-electron chi connectivity index (χ1n) is 10.3. The molecule has 1 saturated heterocycles. The molecule has 3 atom stereocenters. The third kappa shape index (κ3) is 5.86. The van der Waals surface area contributed by atoms with E-state index in [2.05, 4.69) is 35.8 Å². The Morgan fingerprint density at radius 1 is 1.30 bits per heavy atom. The molecule has 1 amide bonds. The van der Waals surface area contributed by atoms with E-state index in [1.165, 1.54) is 16.8 Å². The summed E-state index contributed by atoms with van der Waals surface area (Å²) in [6, 6.07) is 7.21. The van der Waals surface area contributed by atoms with E-state index in [0.717, 1.165) is 38.7 Å². The molecule has 5 heteroatoms. The van der Waals surface area contributed by atoms with Crippen LogP contribution in [-0.2, 0) is 15.9 Å². The van der Waals surface area contributed by atoms with Crippen molar-refractivity contribution in [3.63, 3.8) is 0 Å². The molecule has 1 heterocycles. The molecule has 0 spiro atoms. The first-order valence-corrected chi connectivity index (χ1v) is 10.3. The highest BCUT2D eigenvalue weighted by Gasteiger charge is 2.24. The van der Waals surface area contributed by atoms with Gasteiger partial charge >= 0.3 is 6.09 Å². The van der Waals surface area contributed by atoms with Crippen LogP contribution in [0.5, 0.6) is 0 Å². The molecule has 0 aromatic heterocycles. The lowest BCUT2D eigenvalue weighted by molar-refractivity contribution is 0.0232. The number of fused-ring (bicyclic) bond motifs is 1. The summed E-state index contributed by atoms with van der Waals surface area (Å²) in [5.74, 6) is 0.360. The fourth-order valence-corrected chi connectivity index (χ4v) is 4.10. The van der Waals surface area contributed by atoms with Crippen molar-refractivity contribution < 1.29 is 14.3 Å². The molecule has 1 aromatic rings. The Hall–Kier alpha value is -1.75. The van der Waals surface area contributed by atoms with Gasteiger partial charge in [0.2, 0.25) is 0 Å². The van der Waals surface area contributed by atoms with Crippen LogP contribution < -0.4 is 10.6 Å². The van der Waals surface area contributed by atoms with Crippen LogP contribution in [0.2, 0.25) is 0 Å². The highest BCUT2D eigenvalue weighted by molar-refractivity contribution is 5.67. The monoisotopic (exact) mass is 374 g/mol. The summed E-state index contributed by atoms with van der Waals surface area (Å²) >= 11 is 0. The van der Waals surface area contributed by atoms with Crippen LogP contribution in [-0.4, -0.2) is 37.0 Å². The number of ether oxygens (including phenoxy) is 2. The van der Waals surface area contributed by atoms with Gasteiger partial charge in [0.15, 0.2) is 0 Å². The van der Waals surface area contributed by atoms with Gasteiger partial charge in [0, 0.05) is 30.8 Å². The molecule has 1 fully saturated rings. The van der Waals surface area contributed by atoms with E-state index in [0.29, 0.717) is 24.6 Å². The van der Waals surface area contributed by atoms with Gasteiger partial charge in [-0.25, -0.2) is 4.79 Å². The van der Waals surface area contributed by atoms with Crippen molar-refractivity contribution in [2.75, 3.05) is 18.5 Å². The predicted molar refractivity (Wildman–Crippen MR) is 108 cm³/mol. The number of hydrogen-bond acceptors (Lipinski definition) is 4. The summed E-state index contributed by atoms with van der Waals surface area (Å²) in [5, 5.41) is 6.63. The molecule has 0 unspecified atom stereocenters. The van der Waals surface area contributed by atoms with Gasteiger partial charge in [-0.2, -0.15) is 0 Å². The average molecular weight is 375 g/mol. The molecular weight excluding hydrogens is 340 g/mol. The third-order valence-corrected chi connectivity index (χ3v) is 5.33. The maximum absolute atomic E-state index is 12.0. The van der Waals surface area contributed by atoms with Gasteiger partial charge in [-0.3, -0.25) is 0 Å². The van der Waals surface area contributed by atoms with Gasteiger partial charge in [-0.05, 0) is 83.1 Å². The number of hydrogen-bond donors (Lipinski definition) is 2. The second-order valence-electron chi connectivity index (χ2n) is 8.93. The van der Waals surface area contributed by atoms with E-state index >= 15 is 0 Å². The summed E-state index contributed by atoms with van der Waals surface area (Å²) in [6.07, 6.45) is 5.48. The maximum atomic E-state index is 12.0. The largest absolute Gasteiger partial charge is 0.444 e. The number of carbonyl (C=O) groups excluding carboxylic acids is 1. The van der Waals surface area contributed by atoms with Crippen LogP contribution in [0.3, 0.4) is 0 Å². The molecule has 0 saturated carbocycles. The molecule has 1 aliphatic carbocycles. The smallest absolute Gasteiger partial charge is 0.407 e. The number of nitrogens with one attached hydrogen (secondary N) is 2. The fraction of sp³-hybridized carbons (Fsp3) is 0.682. The molecule has 2 aliphatic rings. The number of benzene rings is 1. The summed E-state index contributed by atoms with van der Waals surface area (Å²) < 4.78 is 11.0.